The highest BCUT2D eigenvalue weighted by atomic mass is 16.7. The zero-order valence-electron chi connectivity index (χ0n) is 10.1. The fourth-order valence-electron chi connectivity index (χ4n) is 4.51. The van der Waals surface area contributed by atoms with Gasteiger partial charge in [-0.25, -0.2) is 0 Å². The van der Waals surface area contributed by atoms with Crippen LogP contribution in [0.3, 0.4) is 0 Å². The molecule has 0 aromatic rings. The molecule has 0 radical (unpaired) electrons. The number of rotatable bonds is 0. The number of fused-ring (bicyclic) bond motifs is 3. The maximum atomic E-state index is 6.08. The second-order valence-corrected chi connectivity index (χ2v) is 6.41. The molecule has 3 fully saturated rings. The van der Waals surface area contributed by atoms with Crippen molar-refractivity contribution in [3.05, 3.63) is 0 Å². The molecule has 3 aliphatic rings. The van der Waals surface area contributed by atoms with E-state index in [4.69, 9.17) is 9.47 Å². The van der Waals surface area contributed by atoms with Crippen LogP contribution in [0, 0.1) is 16.7 Å². The van der Waals surface area contributed by atoms with Crippen molar-refractivity contribution in [3.63, 3.8) is 0 Å². The highest BCUT2D eigenvalue weighted by molar-refractivity contribution is 5.18. The average Bonchev–Trinajstić information content (AvgIpc) is 2.51. The van der Waals surface area contributed by atoms with E-state index in [2.05, 4.69) is 20.8 Å². The van der Waals surface area contributed by atoms with Gasteiger partial charge in [0, 0.05) is 11.8 Å². The van der Waals surface area contributed by atoms with Crippen LogP contribution >= 0.6 is 0 Å². The van der Waals surface area contributed by atoms with Gasteiger partial charge in [-0.05, 0) is 30.6 Å². The highest BCUT2D eigenvalue weighted by Crippen LogP contribution is 2.71. The van der Waals surface area contributed by atoms with Gasteiger partial charge in [0.05, 0.1) is 12.2 Å². The minimum absolute atomic E-state index is 0.137. The summed E-state index contributed by atoms with van der Waals surface area (Å²) in [5.41, 5.74) is 0.955. The van der Waals surface area contributed by atoms with Gasteiger partial charge in [0.1, 0.15) is 6.79 Å². The van der Waals surface area contributed by atoms with E-state index in [9.17, 15) is 0 Å². The van der Waals surface area contributed by atoms with Gasteiger partial charge in [-0.3, -0.25) is 0 Å². The van der Waals surface area contributed by atoms with Gasteiger partial charge in [-0.15, -0.1) is 0 Å². The van der Waals surface area contributed by atoms with E-state index in [1.54, 1.807) is 0 Å². The molecule has 0 amide bonds. The maximum absolute atomic E-state index is 6.08. The summed E-state index contributed by atoms with van der Waals surface area (Å²) in [7, 11) is 0. The summed E-state index contributed by atoms with van der Waals surface area (Å²) in [6.07, 6.45) is 5.10. The van der Waals surface area contributed by atoms with E-state index >= 15 is 0 Å². The predicted octanol–water partition coefficient (Wildman–Crippen LogP) is 2.97. The summed E-state index contributed by atoms with van der Waals surface area (Å²) in [6, 6.07) is 0. The normalized spacial score (nSPS) is 52.6. The van der Waals surface area contributed by atoms with Crippen molar-refractivity contribution < 1.29 is 9.47 Å². The van der Waals surface area contributed by atoms with Crippen LogP contribution in [-0.2, 0) is 9.47 Å². The largest absolute Gasteiger partial charge is 0.355 e. The maximum Gasteiger partial charge on any atom is 0.147 e. The SMILES string of the molecule is CC1(C)C2CCC1(C)C1(CCOCO1)C2. The number of hydrogen-bond acceptors (Lipinski definition) is 2. The minimum atomic E-state index is 0.137. The first kappa shape index (κ1) is 10.1. The quantitative estimate of drug-likeness (QED) is 0.612. The Morgan fingerprint density at radius 2 is 1.93 bits per heavy atom. The Kier molecular flexibility index (Phi) is 1.87. The Bertz CT molecular complexity index is 278. The molecule has 2 heteroatoms. The van der Waals surface area contributed by atoms with E-state index in [0.717, 1.165) is 18.9 Å². The van der Waals surface area contributed by atoms with Gasteiger partial charge in [-0.1, -0.05) is 20.8 Å². The third-order valence-electron chi connectivity index (χ3n) is 6.09. The van der Waals surface area contributed by atoms with Gasteiger partial charge in [0.15, 0.2) is 0 Å². The molecule has 2 nitrogen and oxygen atoms in total. The summed E-state index contributed by atoms with van der Waals surface area (Å²) in [4.78, 5) is 0. The molecular formula is C13H22O2. The van der Waals surface area contributed by atoms with Gasteiger partial charge < -0.3 is 9.47 Å². The van der Waals surface area contributed by atoms with Crippen molar-refractivity contribution in [1.82, 2.24) is 0 Å². The molecule has 86 valence electrons. The fraction of sp³-hybridized carbons (Fsp3) is 1.00. The van der Waals surface area contributed by atoms with Crippen LogP contribution in [0.4, 0.5) is 0 Å². The first-order chi connectivity index (χ1) is 7.02. The highest BCUT2D eigenvalue weighted by Gasteiger charge is 2.69. The third kappa shape index (κ3) is 0.980. The lowest BCUT2D eigenvalue weighted by molar-refractivity contribution is -0.240. The molecule has 15 heavy (non-hydrogen) atoms. The molecule has 1 aliphatic heterocycles. The summed E-state index contributed by atoms with van der Waals surface area (Å²) >= 11 is 0. The van der Waals surface area contributed by atoms with Crippen LogP contribution in [-0.4, -0.2) is 19.0 Å². The minimum Gasteiger partial charge on any atom is -0.355 e. The topological polar surface area (TPSA) is 18.5 Å². The fourth-order valence-corrected chi connectivity index (χ4v) is 4.51. The Morgan fingerprint density at radius 1 is 1.13 bits per heavy atom. The molecule has 2 aliphatic carbocycles. The summed E-state index contributed by atoms with van der Waals surface area (Å²) in [5.74, 6) is 0.862. The monoisotopic (exact) mass is 210 g/mol. The molecule has 0 aromatic carbocycles. The van der Waals surface area contributed by atoms with Crippen LogP contribution in [0.15, 0.2) is 0 Å². The standard InChI is InChI=1S/C13H22O2/c1-11(2)10-4-5-12(11,3)13(8-10)6-7-14-9-15-13/h10H,4-9H2,1-3H3. The zero-order chi connectivity index (χ0) is 10.7. The van der Waals surface area contributed by atoms with E-state index < -0.39 is 0 Å². The molecule has 3 unspecified atom stereocenters. The van der Waals surface area contributed by atoms with Crippen molar-refractivity contribution in [2.24, 2.45) is 16.7 Å². The van der Waals surface area contributed by atoms with Gasteiger partial charge in [0.25, 0.3) is 0 Å². The summed E-state index contributed by atoms with van der Waals surface area (Å²) < 4.78 is 11.4. The van der Waals surface area contributed by atoms with Crippen molar-refractivity contribution >= 4 is 0 Å². The van der Waals surface area contributed by atoms with Crippen LogP contribution in [0.1, 0.15) is 46.5 Å². The first-order valence-corrected chi connectivity index (χ1v) is 6.24. The molecule has 3 atom stereocenters. The van der Waals surface area contributed by atoms with E-state index in [0.29, 0.717) is 17.6 Å². The Balaban J connectivity index is 2.00. The molecule has 2 bridgehead atoms. The molecule has 1 saturated heterocycles. The number of ether oxygens (including phenoxy) is 2. The molecule has 1 heterocycles. The molecule has 1 spiro atoms. The lowest BCUT2D eigenvalue weighted by Crippen LogP contribution is -2.52. The second kappa shape index (κ2) is 2.78. The molecule has 3 rings (SSSR count). The van der Waals surface area contributed by atoms with Crippen molar-refractivity contribution in [1.29, 1.82) is 0 Å². The Hall–Kier alpha value is -0.0800. The van der Waals surface area contributed by atoms with E-state index in [1.807, 2.05) is 0 Å². The lowest BCUT2D eigenvalue weighted by Gasteiger charge is -2.50. The average molecular weight is 210 g/mol. The van der Waals surface area contributed by atoms with Crippen LogP contribution in [0.2, 0.25) is 0 Å². The van der Waals surface area contributed by atoms with Crippen molar-refractivity contribution in [2.45, 2.75) is 52.1 Å². The van der Waals surface area contributed by atoms with Crippen molar-refractivity contribution in [3.8, 4) is 0 Å². The Morgan fingerprint density at radius 3 is 2.40 bits per heavy atom. The van der Waals surface area contributed by atoms with Gasteiger partial charge >= 0.3 is 0 Å². The van der Waals surface area contributed by atoms with Crippen LogP contribution < -0.4 is 0 Å². The second-order valence-electron chi connectivity index (χ2n) is 6.41. The summed E-state index contributed by atoms with van der Waals surface area (Å²) in [6.45, 7) is 8.73. The smallest absolute Gasteiger partial charge is 0.147 e. The molecule has 0 N–H and O–H groups in total. The molecule has 0 aromatic heterocycles. The third-order valence-corrected chi connectivity index (χ3v) is 6.09. The van der Waals surface area contributed by atoms with Crippen LogP contribution in [0.25, 0.3) is 0 Å². The molecule has 2 saturated carbocycles. The zero-order valence-corrected chi connectivity index (χ0v) is 10.1. The lowest BCUT2D eigenvalue weighted by atomic mass is 9.63. The Labute approximate surface area is 92.3 Å². The molecular weight excluding hydrogens is 188 g/mol. The van der Waals surface area contributed by atoms with Crippen LogP contribution in [0.5, 0.6) is 0 Å². The van der Waals surface area contributed by atoms with E-state index in [1.165, 1.54) is 19.3 Å². The van der Waals surface area contributed by atoms with E-state index in [-0.39, 0.29) is 5.60 Å². The van der Waals surface area contributed by atoms with Gasteiger partial charge in [0.2, 0.25) is 0 Å². The first-order valence-electron chi connectivity index (χ1n) is 6.24. The predicted molar refractivity (Wildman–Crippen MR) is 58.5 cm³/mol. The number of hydrogen-bond donors (Lipinski definition) is 0. The van der Waals surface area contributed by atoms with Crippen molar-refractivity contribution in [2.75, 3.05) is 13.4 Å². The summed E-state index contributed by atoms with van der Waals surface area (Å²) in [5, 5.41) is 0. The van der Waals surface area contributed by atoms with Gasteiger partial charge in [-0.2, -0.15) is 0 Å².